The predicted octanol–water partition coefficient (Wildman–Crippen LogP) is 3.39. The van der Waals surface area contributed by atoms with E-state index in [4.69, 9.17) is 5.26 Å². The molecule has 4 nitrogen and oxygen atoms in total. The van der Waals surface area contributed by atoms with Gasteiger partial charge in [0.1, 0.15) is 0 Å². The lowest BCUT2D eigenvalue weighted by Gasteiger charge is -2.22. The number of hydrogen-bond acceptors (Lipinski definition) is 3. The minimum Gasteiger partial charge on any atom is -0.326 e. The molecule has 7 heteroatoms. The van der Waals surface area contributed by atoms with Crippen LogP contribution >= 0.6 is 0 Å². The molecule has 1 aromatic rings. The summed E-state index contributed by atoms with van der Waals surface area (Å²) in [5, 5.41) is 11.2. The summed E-state index contributed by atoms with van der Waals surface area (Å²) in [5.74, 6) is -0.383. The highest BCUT2D eigenvalue weighted by molar-refractivity contribution is 6.00. The number of carbonyl (C=O) groups excluding carboxylic acids is 1. The first-order chi connectivity index (χ1) is 10.2. The fraction of sp³-hybridized carbons (Fsp3) is 0.400. The maximum absolute atomic E-state index is 12.9. The molecule has 0 spiro atoms. The Bertz CT molecular complexity index is 688. The van der Waals surface area contributed by atoms with Crippen LogP contribution < -0.4 is 5.32 Å². The molecule has 1 N–H and O–H groups in total. The lowest BCUT2D eigenvalue weighted by molar-refractivity contribution is -0.137. The van der Waals surface area contributed by atoms with Gasteiger partial charge in [0.05, 0.1) is 29.2 Å². The van der Waals surface area contributed by atoms with Gasteiger partial charge in [0.2, 0.25) is 5.91 Å². The van der Waals surface area contributed by atoms with Crippen molar-refractivity contribution < 1.29 is 18.0 Å². The highest BCUT2D eigenvalue weighted by Gasteiger charge is 2.38. The van der Waals surface area contributed by atoms with Gasteiger partial charge in [-0.15, -0.1) is 0 Å². The first kappa shape index (κ1) is 16.0. The summed E-state index contributed by atoms with van der Waals surface area (Å²) in [7, 11) is 0. The van der Waals surface area contributed by atoms with E-state index in [1.165, 1.54) is 12.1 Å². The highest BCUT2D eigenvalue weighted by Crippen LogP contribution is 2.34. The molecule has 0 aromatic heterocycles. The number of halogens is 3. The number of carbonyl (C=O) groups is 1. The van der Waals surface area contributed by atoms with Crippen molar-refractivity contribution in [3.8, 4) is 6.07 Å². The van der Waals surface area contributed by atoms with Crippen LogP contribution in [0.3, 0.4) is 0 Å². The van der Waals surface area contributed by atoms with Crippen LogP contribution in [0.4, 0.5) is 18.9 Å². The fourth-order valence-electron chi connectivity index (χ4n) is 2.37. The zero-order chi connectivity index (χ0) is 16.5. The molecular weight excluding hydrogens is 295 g/mol. The monoisotopic (exact) mass is 309 g/mol. The molecule has 22 heavy (non-hydrogen) atoms. The van der Waals surface area contributed by atoms with E-state index in [9.17, 15) is 18.0 Å². The van der Waals surface area contributed by atoms with Gasteiger partial charge < -0.3 is 5.32 Å². The lowest BCUT2D eigenvalue weighted by atomic mass is 9.86. The molecule has 1 heterocycles. The second-order valence-electron chi connectivity index (χ2n) is 5.61. The maximum Gasteiger partial charge on any atom is 0.417 e. The molecule has 2 rings (SSSR count). The van der Waals surface area contributed by atoms with Crippen molar-refractivity contribution in [2.45, 2.75) is 26.4 Å². The highest BCUT2D eigenvalue weighted by atomic mass is 19.4. The third-order valence-electron chi connectivity index (χ3n) is 3.60. The van der Waals surface area contributed by atoms with Crippen LogP contribution in [0.2, 0.25) is 0 Å². The summed E-state index contributed by atoms with van der Waals surface area (Å²) in [4.78, 5) is 16.4. The molecule has 0 radical (unpaired) electrons. The Morgan fingerprint density at radius 3 is 2.64 bits per heavy atom. The van der Waals surface area contributed by atoms with E-state index in [0.29, 0.717) is 13.0 Å². The Labute approximate surface area is 125 Å². The largest absolute Gasteiger partial charge is 0.417 e. The summed E-state index contributed by atoms with van der Waals surface area (Å²) in [6, 6.07) is 4.62. The normalized spacial score (nSPS) is 21.2. The van der Waals surface area contributed by atoms with E-state index < -0.39 is 22.7 Å². The average molecular weight is 309 g/mol. The fourth-order valence-corrected chi connectivity index (χ4v) is 2.37. The minimum atomic E-state index is -4.65. The number of anilines is 1. The molecule has 0 saturated heterocycles. The number of nitrogens with one attached hydrogen (secondary N) is 1. The van der Waals surface area contributed by atoms with Gasteiger partial charge >= 0.3 is 6.18 Å². The molecule has 1 amide bonds. The Morgan fingerprint density at radius 2 is 2.14 bits per heavy atom. The van der Waals surface area contributed by atoms with Crippen LogP contribution in [-0.4, -0.2) is 18.2 Å². The van der Waals surface area contributed by atoms with Gasteiger partial charge in [-0.3, -0.25) is 9.79 Å². The van der Waals surface area contributed by atoms with Crippen LogP contribution in [-0.2, 0) is 11.0 Å². The van der Waals surface area contributed by atoms with Gasteiger partial charge in [-0.1, -0.05) is 0 Å². The Kier molecular flexibility index (Phi) is 3.96. The zero-order valence-corrected chi connectivity index (χ0v) is 12.1. The number of hydrogen-bond donors (Lipinski definition) is 1. The Balaban J connectivity index is 2.25. The van der Waals surface area contributed by atoms with E-state index in [0.717, 1.165) is 17.8 Å². The first-order valence-electron chi connectivity index (χ1n) is 6.58. The molecule has 0 saturated carbocycles. The number of rotatable bonds is 2. The average Bonchev–Trinajstić information content (AvgIpc) is 2.79. The van der Waals surface area contributed by atoms with Crippen molar-refractivity contribution in [3.05, 3.63) is 29.3 Å². The maximum atomic E-state index is 12.9. The summed E-state index contributed by atoms with van der Waals surface area (Å²) in [5.41, 5.74) is -1.43. The molecule has 0 bridgehead atoms. The van der Waals surface area contributed by atoms with Crippen molar-refractivity contribution in [3.63, 3.8) is 0 Å². The molecule has 1 aliphatic heterocycles. The summed E-state index contributed by atoms with van der Waals surface area (Å²) >= 11 is 0. The number of aliphatic imine (C=N–C) groups is 1. The summed E-state index contributed by atoms with van der Waals surface area (Å²) < 4.78 is 38.7. The number of amides is 1. The number of alkyl halides is 3. The molecule has 1 aromatic carbocycles. The smallest absolute Gasteiger partial charge is 0.326 e. The molecule has 0 aliphatic carbocycles. The van der Waals surface area contributed by atoms with Gasteiger partial charge in [-0.2, -0.15) is 18.4 Å². The standard InChI is InChI=1S/C15H14F3N3O/c1-9-6-14(2,8-20-9)13(22)21-11-4-3-10(7-19)12(5-11)15(16,17)18/h3-5H,6,8H2,1-2H3,(H,21,22). The van der Waals surface area contributed by atoms with Gasteiger partial charge in [0, 0.05) is 17.8 Å². The van der Waals surface area contributed by atoms with Crippen molar-refractivity contribution in [1.29, 1.82) is 5.26 Å². The van der Waals surface area contributed by atoms with E-state index in [1.807, 2.05) is 6.92 Å². The van der Waals surface area contributed by atoms with Crippen LogP contribution in [0.25, 0.3) is 0 Å². The first-order valence-corrected chi connectivity index (χ1v) is 6.58. The Hall–Kier alpha value is -2.36. The van der Waals surface area contributed by atoms with E-state index in [2.05, 4.69) is 10.3 Å². The molecule has 116 valence electrons. The van der Waals surface area contributed by atoms with Crippen LogP contribution in [0.5, 0.6) is 0 Å². The van der Waals surface area contributed by atoms with Crippen LogP contribution in [0, 0.1) is 16.7 Å². The number of nitriles is 1. The van der Waals surface area contributed by atoms with Gasteiger partial charge in [-0.25, -0.2) is 0 Å². The molecule has 1 atom stereocenters. The van der Waals surface area contributed by atoms with Crippen molar-refractivity contribution in [2.24, 2.45) is 10.4 Å². The molecular formula is C15H14F3N3O. The van der Waals surface area contributed by atoms with Gasteiger partial charge in [0.25, 0.3) is 0 Å². The third-order valence-corrected chi connectivity index (χ3v) is 3.60. The number of nitrogens with zero attached hydrogens (tertiary/aromatic N) is 2. The lowest BCUT2D eigenvalue weighted by Crippen LogP contribution is -2.34. The van der Waals surface area contributed by atoms with E-state index in [1.54, 1.807) is 6.92 Å². The SMILES string of the molecule is CC1=NCC(C)(C(=O)Nc2ccc(C#N)c(C(F)(F)F)c2)C1. The van der Waals surface area contributed by atoms with Gasteiger partial charge in [-0.05, 0) is 32.0 Å². The zero-order valence-electron chi connectivity index (χ0n) is 12.1. The van der Waals surface area contributed by atoms with Crippen molar-refractivity contribution in [1.82, 2.24) is 0 Å². The second kappa shape index (κ2) is 5.44. The van der Waals surface area contributed by atoms with Crippen molar-refractivity contribution >= 4 is 17.3 Å². The van der Waals surface area contributed by atoms with Crippen molar-refractivity contribution in [2.75, 3.05) is 11.9 Å². The summed E-state index contributed by atoms with van der Waals surface area (Å²) in [6.07, 6.45) is -4.18. The Morgan fingerprint density at radius 1 is 1.45 bits per heavy atom. The third kappa shape index (κ3) is 3.11. The topological polar surface area (TPSA) is 65.2 Å². The quantitative estimate of drug-likeness (QED) is 0.910. The van der Waals surface area contributed by atoms with E-state index in [-0.39, 0.29) is 11.6 Å². The predicted molar refractivity (Wildman–Crippen MR) is 75.5 cm³/mol. The van der Waals surface area contributed by atoms with E-state index >= 15 is 0 Å². The van der Waals surface area contributed by atoms with Crippen LogP contribution in [0.1, 0.15) is 31.4 Å². The number of benzene rings is 1. The van der Waals surface area contributed by atoms with Gasteiger partial charge in [0.15, 0.2) is 0 Å². The molecule has 0 fully saturated rings. The minimum absolute atomic E-state index is 0.0158. The molecule has 1 aliphatic rings. The van der Waals surface area contributed by atoms with Crippen LogP contribution in [0.15, 0.2) is 23.2 Å². The summed E-state index contributed by atoms with van der Waals surface area (Å²) in [6.45, 7) is 3.84. The molecule has 1 unspecified atom stereocenters. The second-order valence-corrected chi connectivity index (χ2v) is 5.61.